The molecule has 1 aromatic carbocycles. The molecule has 0 N–H and O–H groups in total. The summed E-state index contributed by atoms with van der Waals surface area (Å²) in [4.78, 5) is 11.8. The minimum absolute atomic E-state index is 0.0648. The molecule has 3 heteroatoms. The first-order valence-electron chi connectivity index (χ1n) is 15.1. The molecule has 0 spiro atoms. The number of unbranched alkanes of at least 4 members (excludes halogenated alkanes) is 18. The number of ketones is 1. The number of ether oxygens (including phenoxy) is 2. The molecule has 0 saturated carbocycles. The lowest BCUT2D eigenvalue weighted by Gasteiger charge is -2.14. The van der Waals surface area contributed by atoms with Crippen LogP contribution in [0.5, 0.6) is 11.5 Å². The molecular weight excluding hydrogens is 432 g/mol. The maximum absolute atomic E-state index is 11.8. The highest BCUT2D eigenvalue weighted by Gasteiger charge is 2.09. The van der Waals surface area contributed by atoms with Gasteiger partial charge in [0.1, 0.15) is 0 Å². The molecule has 0 aromatic heterocycles. The van der Waals surface area contributed by atoms with E-state index in [1.54, 1.807) is 6.92 Å². The molecule has 0 fully saturated rings. The van der Waals surface area contributed by atoms with Crippen molar-refractivity contribution in [2.24, 2.45) is 0 Å². The maximum atomic E-state index is 11.8. The molecule has 202 valence electrons. The predicted octanol–water partition coefficient (Wildman–Crippen LogP) is 10.5. The summed E-state index contributed by atoms with van der Waals surface area (Å²) in [5, 5.41) is 0. The van der Waals surface area contributed by atoms with Crippen LogP contribution >= 0.6 is 0 Å². The number of Topliss-reactive ketones (excluding diaryl/α,β-unsaturated/α-hetero) is 1. The Labute approximate surface area is 217 Å². The van der Waals surface area contributed by atoms with Crippen molar-refractivity contribution in [3.05, 3.63) is 23.8 Å². The van der Waals surface area contributed by atoms with Crippen LogP contribution in [0.3, 0.4) is 0 Å². The summed E-state index contributed by atoms with van der Waals surface area (Å²) in [6.45, 7) is 7.54. The van der Waals surface area contributed by atoms with Gasteiger partial charge in [-0.05, 0) is 38.0 Å². The van der Waals surface area contributed by atoms with Gasteiger partial charge < -0.3 is 9.47 Å². The van der Waals surface area contributed by atoms with E-state index in [0.29, 0.717) is 18.8 Å². The topological polar surface area (TPSA) is 35.5 Å². The third-order valence-electron chi connectivity index (χ3n) is 6.86. The second kappa shape index (κ2) is 22.9. The average Bonchev–Trinajstić information content (AvgIpc) is 2.86. The van der Waals surface area contributed by atoms with Crippen molar-refractivity contribution >= 4 is 5.78 Å². The zero-order chi connectivity index (χ0) is 25.4. The zero-order valence-corrected chi connectivity index (χ0v) is 23.5. The number of carbonyl (C=O) groups is 1. The zero-order valence-electron chi connectivity index (χ0n) is 23.5. The minimum Gasteiger partial charge on any atom is -0.490 e. The highest BCUT2D eigenvalue weighted by atomic mass is 16.5. The van der Waals surface area contributed by atoms with Gasteiger partial charge in [-0.15, -0.1) is 0 Å². The van der Waals surface area contributed by atoms with Crippen LogP contribution in [0.2, 0.25) is 0 Å². The van der Waals surface area contributed by atoms with Gasteiger partial charge in [0.2, 0.25) is 0 Å². The molecule has 0 heterocycles. The molecule has 0 aliphatic heterocycles. The molecule has 3 nitrogen and oxygen atoms in total. The first-order chi connectivity index (χ1) is 17.2. The van der Waals surface area contributed by atoms with Gasteiger partial charge in [-0.25, -0.2) is 0 Å². The van der Waals surface area contributed by atoms with Gasteiger partial charge in [0.05, 0.1) is 13.2 Å². The molecule has 0 aliphatic carbocycles. The monoisotopic (exact) mass is 488 g/mol. The van der Waals surface area contributed by atoms with Crippen molar-refractivity contribution in [3.63, 3.8) is 0 Å². The quantitative estimate of drug-likeness (QED) is 0.101. The maximum Gasteiger partial charge on any atom is 0.161 e. The second-order valence-corrected chi connectivity index (χ2v) is 10.3. The lowest BCUT2D eigenvalue weighted by molar-refractivity contribution is 0.101. The summed E-state index contributed by atoms with van der Waals surface area (Å²) < 4.78 is 12.1. The fourth-order valence-corrected chi connectivity index (χ4v) is 4.50. The second-order valence-electron chi connectivity index (χ2n) is 10.3. The standard InChI is InChI=1S/C32H56O3/c1-4-6-8-10-12-14-16-18-20-22-26-34-31-25-24-30(29(3)33)28-32(31)35-27-23-21-19-17-15-13-11-9-7-5-2/h24-25,28H,4-23,26-27H2,1-3H3. The smallest absolute Gasteiger partial charge is 0.161 e. The van der Waals surface area contributed by atoms with Gasteiger partial charge in [-0.3, -0.25) is 4.79 Å². The van der Waals surface area contributed by atoms with E-state index in [0.717, 1.165) is 24.3 Å². The minimum atomic E-state index is 0.0648. The molecule has 1 aromatic rings. The summed E-state index contributed by atoms with van der Waals surface area (Å²) in [5.74, 6) is 1.56. The number of carbonyl (C=O) groups excluding carboxylic acids is 1. The van der Waals surface area contributed by atoms with E-state index in [1.807, 2.05) is 18.2 Å². The summed E-state index contributed by atoms with van der Waals surface area (Å²) in [6, 6.07) is 5.61. The highest BCUT2D eigenvalue weighted by molar-refractivity contribution is 5.94. The molecule has 0 atom stereocenters. The summed E-state index contributed by atoms with van der Waals surface area (Å²) >= 11 is 0. The summed E-state index contributed by atoms with van der Waals surface area (Å²) in [7, 11) is 0. The van der Waals surface area contributed by atoms with Crippen LogP contribution in [0.4, 0.5) is 0 Å². The molecule has 1 rings (SSSR count). The predicted molar refractivity (Wildman–Crippen MR) is 151 cm³/mol. The van der Waals surface area contributed by atoms with Crippen molar-refractivity contribution in [1.29, 1.82) is 0 Å². The first-order valence-corrected chi connectivity index (χ1v) is 15.1. The van der Waals surface area contributed by atoms with Crippen LogP contribution in [0, 0.1) is 0 Å². The molecule has 0 unspecified atom stereocenters. The lowest BCUT2D eigenvalue weighted by atomic mass is 10.1. The Morgan fingerprint density at radius 3 is 1.31 bits per heavy atom. The molecule has 0 saturated heterocycles. The Morgan fingerprint density at radius 2 is 0.914 bits per heavy atom. The van der Waals surface area contributed by atoms with Gasteiger partial charge in [0.15, 0.2) is 17.3 Å². The van der Waals surface area contributed by atoms with Crippen LogP contribution in [-0.4, -0.2) is 19.0 Å². The number of hydrogen-bond donors (Lipinski definition) is 0. The molecular formula is C32H56O3. The largest absolute Gasteiger partial charge is 0.490 e. The molecule has 0 amide bonds. The van der Waals surface area contributed by atoms with Crippen molar-refractivity contribution in [2.45, 2.75) is 149 Å². The summed E-state index contributed by atoms with van der Waals surface area (Å²) in [5.41, 5.74) is 0.689. The molecule has 35 heavy (non-hydrogen) atoms. The van der Waals surface area contributed by atoms with Crippen LogP contribution in [0.1, 0.15) is 160 Å². The van der Waals surface area contributed by atoms with Crippen LogP contribution < -0.4 is 9.47 Å². The van der Waals surface area contributed by atoms with Gasteiger partial charge in [0.25, 0.3) is 0 Å². The van der Waals surface area contributed by atoms with Crippen molar-refractivity contribution in [2.75, 3.05) is 13.2 Å². The number of rotatable bonds is 25. The Hall–Kier alpha value is -1.51. The lowest BCUT2D eigenvalue weighted by Crippen LogP contribution is -2.04. The highest BCUT2D eigenvalue weighted by Crippen LogP contribution is 2.29. The Balaban J connectivity index is 2.21. The van der Waals surface area contributed by atoms with E-state index in [9.17, 15) is 4.79 Å². The van der Waals surface area contributed by atoms with E-state index in [4.69, 9.17) is 9.47 Å². The van der Waals surface area contributed by atoms with Crippen LogP contribution in [-0.2, 0) is 0 Å². The normalized spacial score (nSPS) is 11.1. The van der Waals surface area contributed by atoms with Crippen molar-refractivity contribution in [1.82, 2.24) is 0 Å². The molecule has 0 bridgehead atoms. The Kier molecular flexibility index (Phi) is 20.6. The third kappa shape index (κ3) is 17.5. The fourth-order valence-electron chi connectivity index (χ4n) is 4.50. The van der Waals surface area contributed by atoms with Crippen molar-refractivity contribution in [3.8, 4) is 11.5 Å². The number of benzene rings is 1. The average molecular weight is 489 g/mol. The Bertz CT molecular complexity index is 625. The van der Waals surface area contributed by atoms with Gasteiger partial charge in [-0.2, -0.15) is 0 Å². The van der Waals surface area contributed by atoms with Gasteiger partial charge >= 0.3 is 0 Å². The van der Waals surface area contributed by atoms with Gasteiger partial charge in [-0.1, -0.05) is 129 Å². The van der Waals surface area contributed by atoms with Crippen LogP contribution in [0.15, 0.2) is 18.2 Å². The SMILES string of the molecule is CCCCCCCCCCCCOc1ccc(C(C)=O)cc1OCCCCCCCCCCCC. The number of hydrogen-bond acceptors (Lipinski definition) is 3. The van der Waals surface area contributed by atoms with E-state index < -0.39 is 0 Å². The summed E-state index contributed by atoms with van der Waals surface area (Å²) in [6.07, 6.45) is 26.3. The first kappa shape index (κ1) is 31.5. The van der Waals surface area contributed by atoms with E-state index >= 15 is 0 Å². The third-order valence-corrected chi connectivity index (χ3v) is 6.86. The van der Waals surface area contributed by atoms with Crippen LogP contribution in [0.25, 0.3) is 0 Å². The van der Waals surface area contributed by atoms with E-state index in [-0.39, 0.29) is 5.78 Å². The van der Waals surface area contributed by atoms with Gasteiger partial charge in [0, 0.05) is 5.56 Å². The fraction of sp³-hybridized carbons (Fsp3) is 0.781. The van der Waals surface area contributed by atoms with Crippen molar-refractivity contribution < 1.29 is 14.3 Å². The Morgan fingerprint density at radius 1 is 0.543 bits per heavy atom. The van der Waals surface area contributed by atoms with E-state index in [2.05, 4.69) is 13.8 Å². The molecule has 0 radical (unpaired) electrons. The van der Waals surface area contributed by atoms with E-state index in [1.165, 1.54) is 116 Å². The molecule has 0 aliphatic rings.